The molecule has 1 atom stereocenters. The predicted octanol–water partition coefficient (Wildman–Crippen LogP) is 3.18. The maximum absolute atomic E-state index is 13.5. The molecule has 6 nitrogen and oxygen atoms in total. The second-order valence-corrected chi connectivity index (χ2v) is 7.00. The third-order valence-electron chi connectivity index (χ3n) is 5.04. The minimum absolute atomic E-state index is 0.0514. The highest BCUT2D eigenvalue weighted by molar-refractivity contribution is 6.23. The molecule has 1 unspecified atom stereocenters. The second-order valence-electron chi connectivity index (χ2n) is 7.00. The Morgan fingerprint density at radius 1 is 0.806 bits per heavy atom. The van der Waals surface area contributed by atoms with Gasteiger partial charge >= 0.3 is 17.5 Å². The summed E-state index contributed by atoms with van der Waals surface area (Å²) in [6.45, 7) is 0. The lowest BCUT2D eigenvalue weighted by Gasteiger charge is -2.28. The molecular weight excluding hydrogens is 394 g/mol. The standard InChI is InChI=1S/C25H19NO5/c26-23(28)25(20(16-21(27)31-25)17-10-4-1-5-11-17)24(29)30-22(18-12-6-2-7-13-18)19-14-8-3-9-15-19/h1-16,22H,(H2,26,28). The van der Waals surface area contributed by atoms with Gasteiger partial charge in [-0.3, -0.25) is 4.79 Å². The Morgan fingerprint density at radius 2 is 1.29 bits per heavy atom. The number of cyclic esters (lactones) is 1. The molecule has 0 radical (unpaired) electrons. The van der Waals surface area contributed by atoms with Gasteiger partial charge in [0.1, 0.15) is 0 Å². The van der Waals surface area contributed by atoms with E-state index in [4.69, 9.17) is 15.2 Å². The van der Waals surface area contributed by atoms with E-state index < -0.39 is 29.6 Å². The SMILES string of the molecule is NC(=O)C1(C(=O)OC(c2ccccc2)c2ccccc2)OC(=O)C=C1c1ccccc1. The first kappa shape index (κ1) is 20.1. The van der Waals surface area contributed by atoms with E-state index in [1.54, 1.807) is 54.6 Å². The van der Waals surface area contributed by atoms with Crippen molar-refractivity contribution in [2.24, 2.45) is 5.73 Å². The number of esters is 2. The van der Waals surface area contributed by atoms with Crippen molar-refractivity contribution >= 4 is 23.4 Å². The van der Waals surface area contributed by atoms with Gasteiger partial charge in [-0.25, -0.2) is 9.59 Å². The highest BCUT2D eigenvalue weighted by atomic mass is 16.6. The first-order valence-corrected chi connectivity index (χ1v) is 9.64. The van der Waals surface area contributed by atoms with Crippen LogP contribution in [0.25, 0.3) is 5.57 Å². The van der Waals surface area contributed by atoms with E-state index in [1.807, 2.05) is 36.4 Å². The molecule has 2 N–H and O–H groups in total. The molecule has 0 saturated heterocycles. The van der Waals surface area contributed by atoms with E-state index in [9.17, 15) is 14.4 Å². The summed E-state index contributed by atoms with van der Waals surface area (Å²) >= 11 is 0. The number of benzene rings is 3. The van der Waals surface area contributed by atoms with E-state index in [-0.39, 0.29) is 5.57 Å². The summed E-state index contributed by atoms with van der Waals surface area (Å²) in [5.41, 5.74) is 5.14. The molecule has 0 bridgehead atoms. The quantitative estimate of drug-likeness (QED) is 0.495. The molecule has 6 heteroatoms. The van der Waals surface area contributed by atoms with Crippen LogP contribution in [-0.2, 0) is 23.9 Å². The molecule has 0 spiro atoms. The molecule has 1 aliphatic heterocycles. The highest BCUT2D eigenvalue weighted by Gasteiger charge is 2.58. The van der Waals surface area contributed by atoms with Crippen LogP contribution >= 0.6 is 0 Å². The molecule has 0 fully saturated rings. The molecule has 31 heavy (non-hydrogen) atoms. The molecule has 0 aromatic heterocycles. The zero-order valence-corrected chi connectivity index (χ0v) is 16.4. The average Bonchev–Trinajstić information content (AvgIpc) is 3.18. The van der Waals surface area contributed by atoms with Crippen molar-refractivity contribution in [3.05, 3.63) is 114 Å². The summed E-state index contributed by atoms with van der Waals surface area (Å²) in [5, 5.41) is 0. The van der Waals surface area contributed by atoms with Crippen molar-refractivity contribution in [2.75, 3.05) is 0 Å². The van der Waals surface area contributed by atoms with Gasteiger partial charge in [-0.1, -0.05) is 91.0 Å². The van der Waals surface area contributed by atoms with Gasteiger partial charge in [0.15, 0.2) is 6.10 Å². The molecular formula is C25H19NO5. The zero-order chi connectivity index (χ0) is 21.8. The van der Waals surface area contributed by atoms with Crippen molar-refractivity contribution in [3.8, 4) is 0 Å². The number of hydrogen-bond acceptors (Lipinski definition) is 5. The van der Waals surface area contributed by atoms with Crippen molar-refractivity contribution in [3.63, 3.8) is 0 Å². The van der Waals surface area contributed by atoms with E-state index >= 15 is 0 Å². The number of hydrogen-bond donors (Lipinski definition) is 1. The van der Waals surface area contributed by atoms with Crippen molar-refractivity contribution in [2.45, 2.75) is 11.7 Å². The zero-order valence-electron chi connectivity index (χ0n) is 16.4. The first-order valence-electron chi connectivity index (χ1n) is 9.64. The average molecular weight is 413 g/mol. The van der Waals surface area contributed by atoms with Crippen molar-refractivity contribution in [1.29, 1.82) is 0 Å². The molecule has 0 saturated carbocycles. The van der Waals surface area contributed by atoms with Crippen LogP contribution in [0.5, 0.6) is 0 Å². The first-order chi connectivity index (χ1) is 15.0. The van der Waals surface area contributed by atoms with Crippen LogP contribution in [0.15, 0.2) is 97.1 Å². The van der Waals surface area contributed by atoms with Gasteiger partial charge in [-0.2, -0.15) is 0 Å². The minimum Gasteiger partial charge on any atom is -0.449 e. The van der Waals surface area contributed by atoms with Crippen LogP contribution in [0.3, 0.4) is 0 Å². The summed E-state index contributed by atoms with van der Waals surface area (Å²) in [6.07, 6.45) is 0.268. The topological polar surface area (TPSA) is 95.7 Å². The second kappa shape index (κ2) is 8.28. The van der Waals surface area contributed by atoms with Gasteiger partial charge in [0.2, 0.25) is 0 Å². The van der Waals surface area contributed by atoms with Crippen LogP contribution in [0.2, 0.25) is 0 Å². The molecule has 1 aliphatic rings. The van der Waals surface area contributed by atoms with Gasteiger partial charge < -0.3 is 15.2 Å². The molecule has 1 heterocycles. The van der Waals surface area contributed by atoms with Gasteiger partial charge in [-0.05, 0) is 16.7 Å². The molecule has 154 valence electrons. The number of carbonyl (C=O) groups is 3. The highest BCUT2D eigenvalue weighted by Crippen LogP contribution is 2.39. The molecule has 1 amide bonds. The minimum atomic E-state index is -2.37. The fourth-order valence-corrected chi connectivity index (χ4v) is 3.57. The molecule has 4 rings (SSSR count). The number of nitrogens with two attached hydrogens (primary N) is 1. The fourth-order valence-electron chi connectivity index (χ4n) is 3.57. The summed E-state index contributed by atoms with van der Waals surface area (Å²) in [4.78, 5) is 38.2. The number of primary amides is 1. The third-order valence-corrected chi connectivity index (χ3v) is 5.04. The number of carbonyl (C=O) groups excluding carboxylic acids is 3. The summed E-state index contributed by atoms with van der Waals surface area (Å²) in [5.74, 6) is -3.03. The van der Waals surface area contributed by atoms with Crippen LogP contribution in [0.1, 0.15) is 22.8 Å². The Hall–Kier alpha value is -4.19. The number of rotatable bonds is 6. The molecule has 3 aromatic carbocycles. The summed E-state index contributed by atoms with van der Waals surface area (Å²) in [6, 6.07) is 26.7. The maximum Gasteiger partial charge on any atom is 0.366 e. The Morgan fingerprint density at radius 3 is 1.77 bits per heavy atom. The smallest absolute Gasteiger partial charge is 0.366 e. The molecule has 0 aliphatic carbocycles. The van der Waals surface area contributed by atoms with Crippen LogP contribution in [0.4, 0.5) is 0 Å². The Kier molecular flexibility index (Phi) is 5.37. The Balaban J connectivity index is 1.77. The predicted molar refractivity (Wildman–Crippen MR) is 113 cm³/mol. The van der Waals surface area contributed by atoms with Crippen molar-refractivity contribution < 1.29 is 23.9 Å². The fraction of sp³-hybridized carbons (Fsp3) is 0.0800. The Labute approximate surface area is 178 Å². The van der Waals surface area contributed by atoms with E-state index in [0.29, 0.717) is 16.7 Å². The summed E-state index contributed by atoms with van der Waals surface area (Å²) < 4.78 is 11.0. The monoisotopic (exact) mass is 413 g/mol. The van der Waals surface area contributed by atoms with Crippen molar-refractivity contribution in [1.82, 2.24) is 0 Å². The maximum atomic E-state index is 13.5. The normalized spacial score (nSPS) is 17.7. The lowest BCUT2D eigenvalue weighted by molar-refractivity contribution is -0.176. The van der Waals surface area contributed by atoms with Crippen LogP contribution in [0, 0.1) is 0 Å². The number of ether oxygens (including phenoxy) is 2. The summed E-state index contributed by atoms with van der Waals surface area (Å²) in [7, 11) is 0. The number of amides is 1. The van der Waals surface area contributed by atoms with Gasteiger partial charge in [-0.15, -0.1) is 0 Å². The van der Waals surface area contributed by atoms with Gasteiger partial charge in [0, 0.05) is 11.6 Å². The van der Waals surface area contributed by atoms with E-state index in [1.165, 1.54) is 0 Å². The van der Waals surface area contributed by atoms with E-state index in [2.05, 4.69) is 0 Å². The lowest BCUT2D eigenvalue weighted by atomic mass is 9.88. The largest absolute Gasteiger partial charge is 0.449 e. The van der Waals surface area contributed by atoms with E-state index in [0.717, 1.165) is 6.08 Å². The molecule has 3 aromatic rings. The lowest BCUT2D eigenvalue weighted by Crippen LogP contribution is -2.53. The van der Waals surface area contributed by atoms with Crippen LogP contribution in [-0.4, -0.2) is 23.4 Å². The van der Waals surface area contributed by atoms with Crippen LogP contribution < -0.4 is 5.73 Å². The van der Waals surface area contributed by atoms with Gasteiger partial charge in [0.25, 0.3) is 5.91 Å². The third kappa shape index (κ3) is 3.71. The van der Waals surface area contributed by atoms with Gasteiger partial charge in [0.05, 0.1) is 0 Å². The Bertz CT molecular complexity index is 1100.